The van der Waals surface area contributed by atoms with Crippen LogP contribution < -0.4 is 10.0 Å². The van der Waals surface area contributed by atoms with E-state index in [0.717, 1.165) is 34.0 Å². The van der Waals surface area contributed by atoms with Crippen molar-refractivity contribution in [3.8, 4) is 0 Å². The zero-order valence-electron chi connectivity index (χ0n) is 19.3. The predicted molar refractivity (Wildman–Crippen MR) is 141 cm³/mol. The van der Waals surface area contributed by atoms with Gasteiger partial charge in [-0.25, -0.2) is 13.2 Å². The number of rotatable bonds is 5. The Morgan fingerprint density at radius 2 is 1.72 bits per heavy atom. The van der Waals surface area contributed by atoms with E-state index in [1.807, 2.05) is 54.6 Å². The first-order chi connectivity index (χ1) is 17.4. The number of sulfonamides is 1. The first-order valence-electron chi connectivity index (χ1n) is 11.8. The molecule has 0 radical (unpaired) electrons. The van der Waals surface area contributed by atoms with Gasteiger partial charge in [0.05, 0.1) is 22.2 Å². The minimum atomic E-state index is -3.80. The quantitative estimate of drug-likeness (QED) is 0.287. The lowest BCUT2D eigenvalue weighted by Gasteiger charge is -2.37. The summed E-state index contributed by atoms with van der Waals surface area (Å²) in [7, 11) is -3.80. The largest absolute Gasteiger partial charge is 0.478 e. The van der Waals surface area contributed by atoms with Crippen LogP contribution in [0.1, 0.15) is 39.9 Å². The third kappa shape index (κ3) is 3.82. The molecule has 3 atom stereocenters. The van der Waals surface area contributed by atoms with Gasteiger partial charge in [-0.05, 0) is 65.3 Å². The second-order valence-electron chi connectivity index (χ2n) is 9.28. The van der Waals surface area contributed by atoms with Crippen molar-refractivity contribution in [3.05, 3.63) is 114 Å². The molecule has 0 saturated heterocycles. The van der Waals surface area contributed by atoms with Gasteiger partial charge in [0.1, 0.15) is 0 Å². The van der Waals surface area contributed by atoms with Crippen LogP contribution in [-0.4, -0.2) is 19.5 Å². The fourth-order valence-corrected chi connectivity index (χ4v) is 6.54. The van der Waals surface area contributed by atoms with Crippen molar-refractivity contribution in [2.75, 3.05) is 10.0 Å². The molecule has 0 aromatic heterocycles. The number of anilines is 2. The number of carboxylic acids is 1. The van der Waals surface area contributed by atoms with E-state index in [0.29, 0.717) is 5.69 Å². The molecule has 0 fully saturated rings. The maximum Gasteiger partial charge on any atom is 0.335 e. The lowest BCUT2D eigenvalue weighted by atomic mass is 9.77. The van der Waals surface area contributed by atoms with Gasteiger partial charge in [-0.1, -0.05) is 60.7 Å². The van der Waals surface area contributed by atoms with Crippen molar-refractivity contribution in [3.63, 3.8) is 0 Å². The summed E-state index contributed by atoms with van der Waals surface area (Å²) in [6.45, 7) is 0. The maximum atomic E-state index is 13.4. The van der Waals surface area contributed by atoms with Gasteiger partial charge in [0.15, 0.2) is 0 Å². The highest BCUT2D eigenvalue weighted by Gasteiger charge is 2.38. The molecule has 36 heavy (non-hydrogen) atoms. The summed E-state index contributed by atoms with van der Waals surface area (Å²) in [5, 5.41) is 14.6. The molecule has 1 aliphatic carbocycles. The van der Waals surface area contributed by atoms with Crippen LogP contribution in [0.15, 0.2) is 102 Å². The van der Waals surface area contributed by atoms with Crippen molar-refractivity contribution < 1.29 is 18.3 Å². The molecule has 0 spiro atoms. The van der Waals surface area contributed by atoms with Crippen LogP contribution in [0.4, 0.5) is 11.4 Å². The van der Waals surface area contributed by atoms with Crippen LogP contribution in [0.25, 0.3) is 10.8 Å². The van der Waals surface area contributed by atoms with Crippen LogP contribution in [-0.2, 0) is 10.0 Å². The summed E-state index contributed by atoms with van der Waals surface area (Å²) in [6.07, 6.45) is 5.14. The van der Waals surface area contributed by atoms with E-state index in [-0.39, 0.29) is 28.3 Å². The van der Waals surface area contributed by atoms with E-state index in [1.54, 1.807) is 30.3 Å². The van der Waals surface area contributed by atoms with E-state index in [9.17, 15) is 18.3 Å². The Hall–Kier alpha value is -4.10. The van der Waals surface area contributed by atoms with Crippen LogP contribution >= 0.6 is 0 Å². The van der Waals surface area contributed by atoms with Gasteiger partial charge in [0, 0.05) is 17.0 Å². The molecule has 3 N–H and O–H groups in total. The predicted octanol–water partition coefficient (Wildman–Crippen LogP) is 6.17. The van der Waals surface area contributed by atoms with Crippen molar-refractivity contribution in [1.82, 2.24) is 0 Å². The number of benzene rings is 4. The molecule has 0 amide bonds. The van der Waals surface area contributed by atoms with Crippen LogP contribution in [0.5, 0.6) is 0 Å². The van der Waals surface area contributed by atoms with Crippen LogP contribution in [0.2, 0.25) is 0 Å². The Morgan fingerprint density at radius 1 is 0.944 bits per heavy atom. The lowest BCUT2D eigenvalue weighted by Crippen LogP contribution is -2.29. The standard InChI is InChI=1S/C29H24N2O4S/c32-29(33)20-13-11-19(12-14-20)28-24-9-4-8-23(24)25-17-21(15-16-26(25)30-28)36(34,35)31-27-10-3-6-18-5-1-2-7-22(18)27/h1-8,10-17,23-24,28,30-31H,9H2,(H,32,33). The van der Waals surface area contributed by atoms with Gasteiger partial charge in [-0.2, -0.15) is 0 Å². The van der Waals surface area contributed by atoms with Crippen molar-refractivity contribution in [1.29, 1.82) is 0 Å². The fraction of sp³-hybridized carbons (Fsp3) is 0.138. The molecule has 0 bridgehead atoms. The summed E-state index contributed by atoms with van der Waals surface area (Å²) >= 11 is 0. The number of carbonyl (C=O) groups is 1. The minimum absolute atomic E-state index is 0.00314. The van der Waals surface area contributed by atoms with Gasteiger partial charge >= 0.3 is 5.97 Å². The second kappa shape index (κ2) is 8.53. The molecule has 6 rings (SSSR count). The Labute approximate surface area is 209 Å². The molecule has 2 aliphatic rings. The number of nitrogens with one attached hydrogen (secondary N) is 2. The van der Waals surface area contributed by atoms with E-state index in [4.69, 9.17) is 0 Å². The summed E-state index contributed by atoms with van der Waals surface area (Å²) in [4.78, 5) is 11.5. The normalized spacial score (nSPS) is 20.4. The van der Waals surface area contributed by atoms with Gasteiger partial charge in [0.2, 0.25) is 0 Å². The average molecular weight is 497 g/mol. The third-order valence-electron chi connectivity index (χ3n) is 7.20. The van der Waals surface area contributed by atoms with Gasteiger partial charge in [-0.15, -0.1) is 0 Å². The Bertz CT molecular complexity index is 1620. The molecular weight excluding hydrogens is 472 g/mol. The molecular formula is C29H24N2O4S. The first-order valence-corrected chi connectivity index (χ1v) is 13.3. The minimum Gasteiger partial charge on any atom is -0.478 e. The summed E-state index contributed by atoms with van der Waals surface area (Å²) < 4.78 is 29.6. The monoisotopic (exact) mass is 496 g/mol. The van der Waals surface area contributed by atoms with Gasteiger partial charge in [0.25, 0.3) is 10.0 Å². The highest BCUT2D eigenvalue weighted by molar-refractivity contribution is 7.92. The zero-order valence-corrected chi connectivity index (χ0v) is 20.1. The number of fused-ring (bicyclic) bond motifs is 4. The van der Waals surface area contributed by atoms with Crippen molar-refractivity contribution in [2.45, 2.75) is 23.3 Å². The Balaban J connectivity index is 1.33. The summed E-state index contributed by atoms with van der Waals surface area (Å²) in [6, 6.07) is 25.4. The van der Waals surface area contributed by atoms with Gasteiger partial charge in [-0.3, -0.25) is 4.72 Å². The molecule has 1 aliphatic heterocycles. The number of aromatic carboxylic acids is 1. The van der Waals surface area contributed by atoms with Gasteiger partial charge < -0.3 is 10.4 Å². The highest BCUT2D eigenvalue weighted by Crippen LogP contribution is 2.50. The Kier molecular flexibility index (Phi) is 5.30. The molecule has 3 unspecified atom stereocenters. The molecule has 1 heterocycles. The van der Waals surface area contributed by atoms with E-state index < -0.39 is 16.0 Å². The summed E-state index contributed by atoms with van der Waals surface area (Å²) in [5.74, 6) is -0.676. The van der Waals surface area contributed by atoms with Crippen molar-refractivity contribution in [2.24, 2.45) is 5.92 Å². The molecule has 4 aromatic carbocycles. The number of allylic oxidation sites excluding steroid dienone is 2. The van der Waals surface area contributed by atoms with E-state index in [2.05, 4.69) is 22.2 Å². The molecule has 6 nitrogen and oxygen atoms in total. The van der Waals surface area contributed by atoms with Crippen molar-refractivity contribution >= 4 is 38.1 Å². The van der Waals surface area contributed by atoms with E-state index >= 15 is 0 Å². The fourth-order valence-electron chi connectivity index (χ4n) is 5.42. The third-order valence-corrected chi connectivity index (χ3v) is 8.56. The first kappa shape index (κ1) is 22.4. The SMILES string of the molecule is O=C(O)c1ccc(C2Nc3ccc(S(=O)(=O)Nc4cccc5ccccc45)cc3C3C=CCC32)cc1. The summed E-state index contributed by atoms with van der Waals surface area (Å²) in [5.41, 5.74) is 3.66. The number of carboxylic acid groups (broad SMARTS) is 1. The van der Waals surface area contributed by atoms with E-state index in [1.165, 1.54) is 0 Å². The zero-order chi connectivity index (χ0) is 24.9. The number of hydrogen-bond donors (Lipinski definition) is 3. The average Bonchev–Trinajstić information content (AvgIpc) is 3.38. The second-order valence-corrected chi connectivity index (χ2v) is 11.0. The molecule has 0 saturated carbocycles. The smallest absolute Gasteiger partial charge is 0.335 e. The topological polar surface area (TPSA) is 95.5 Å². The van der Waals surface area contributed by atoms with Crippen LogP contribution in [0, 0.1) is 5.92 Å². The number of hydrogen-bond acceptors (Lipinski definition) is 4. The lowest BCUT2D eigenvalue weighted by molar-refractivity contribution is 0.0697. The maximum absolute atomic E-state index is 13.4. The van der Waals surface area contributed by atoms with Crippen LogP contribution in [0.3, 0.4) is 0 Å². The highest BCUT2D eigenvalue weighted by atomic mass is 32.2. The molecule has 180 valence electrons. The molecule has 7 heteroatoms. The molecule has 4 aromatic rings. The Morgan fingerprint density at radius 3 is 2.53 bits per heavy atom.